The molecule has 11 rings (SSSR count). The van der Waals surface area contributed by atoms with Crippen LogP contribution in [0.2, 0.25) is 0 Å². The summed E-state index contributed by atoms with van der Waals surface area (Å²) >= 11 is 0. The molecule has 0 radical (unpaired) electrons. The van der Waals surface area contributed by atoms with Gasteiger partial charge in [0.1, 0.15) is 0 Å². The molecule has 1 heterocycles. The maximum absolute atomic E-state index is 7.10. The Balaban J connectivity index is 0.977. The van der Waals surface area contributed by atoms with Gasteiger partial charge >= 0.3 is 0 Å². The molecule has 0 amide bonds. The minimum Gasteiger partial charge on any atom is -0.449 e. The Morgan fingerprint density at radius 3 is 1.97 bits per heavy atom. The van der Waals surface area contributed by atoms with Gasteiger partial charge in [0.2, 0.25) is 0 Å². The highest BCUT2D eigenvalue weighted by Crippen LogP contribution is 2.65. The van der Waals surface area contributed by atoms with Crippen molar-refractivity contribution in [2.24, 2.45) is 0 Å². The smallest absolute Gasteiger partial charge is 0.178 e. The van der Waals surface area contributed by atoms with Gasteiger partial charge in [0.05, 0.1) is 5.41 Å². The van der Waals surface area contributed by atoms with Crippen molar-refractivity contribution in [3.8, 4) is 56.4 Å². The number of fused-ring (bicyclic) bond motifs is 11. The van der Waals surface area contributed by atoms with Gasteiger partial charge in [0.25, 0.3) is 0 Å². The van der Waals surface area contributed by atoms with Crippen LogP contribution in [0.1, 0.15) is 54.5 Å². The Morgan fingerprint density at radius 2 is 1.24 bits per heavy atom. The highest BCUT2D eigenvalue weighted by Gasteiger charge is 2.53. The Bertz CT molecular complexity index is 3120. The van der Waals surface area contributed by atoms with Gasteiger partial charge in [-0.15, -0.1) is 0 Å². The van der Waals surface area contributed by atoms with Crippen molar-refractivity contribution < 1.29 is 9.47 Å². The van der Waals surface area contributed by atoms with Gasteiger partial charge in [0.15, 0.2) is 23.0 Å². The Morgan fingerprint density at radius 1 is 0.597 bits per heavy atom. The number of hydrogen-bond acceptors (Lipinski definition) is 3. The maximum atomic E-state index is 7.10. The first-order chi connectivity index (χ1) is 30.5. The normalized spacial score (nSPS) is 16.5. The SMILES string of the molecule is C=C(/C=C\C)N(C(=C)/C(=C\C)c1cccc2c1Oc1cc3c(cc1O2)-c1ccccc1C31C2=C(CCC=C2)c2ccccc21)c1ccc(-c2ccccc2-c2ccccc2)cc1. The lowest BCUT2D eigenvalue weighted by molar-refractivity contribution is 0.358. The molecule has 3 aliphatic carbocycles. The van der Waals surface area contributed by atoms with Crippen molar-refractivity contribution in [2.45, 2.75) is 32.1 Å². The Labute approximate surface area is 364 Å². The molecule has 0 aromatic heterocycles. The molecule has 298 valence electrons. The van der Waals surface area contributed by atoms with Gasteiger partial charge in [-0.1, -0.05) is 165 Å². The summed E-state index contributed by atoms with van der Waals surface area (Å²) in [4.78, 5) is 2.12. The van der Waals surface area contributed by atoms with E-state index in [0.29, 0.717) is 23.0 Å². The second kappa shape index (κ2) is 14.8. The van der Waals surface area contributed by atoms with E-state index in [-0.39, 0.29) is 0 Å². The zero-order valence-electron chi connectivity index (χ0n) is 35.0. The molecule has 1 atom stereocenters. The summed E-state index contributed by atoms with van der Waals surface area (Å²) < 4.78 is 13.9. The molecule has 7 aromatic rings. The fourth-order valence-electron chi connectivity index (χ4n) is 10.4. The van der Waals surface area contributed by atoms with E-state index < -0.39 is 5.41 Å². The first-order valence-corrected chi connectivity index (χ1v) is 21.5. The van der Waals surface area contributed by atoms with Gasteiger partial charge < -0.3 is 14.4 Å². The maximum Gasteiger partial charge on any atom is 0.178 e. The van der Waals surface area contributed by atoms with E-state index in [0.717, 1.165) is 46.6 Å². The predicted molar refractivity (Wildman–Crippen MR) is 257 cm³/mol. The van der Waals surface area contributed by atoms with Crippen LogP contribution in [0.15, 0.2) is 218 Å². The quantitative estimate of drug-likeness (QED) is 0.143. The molecule has 1 spiro atoms. The summed E-state index contributed by atoms with van der Waals surface area (Å²) in [6, 6.07) is 56.2. The van der Waals surface area contributed by atoms with Crippen LogP contribution in [0.4, 0.5) is 5.69 Å². The Kier molecular flexibility index (Phi) is 8.94. The molecule has 62 heavy (non-hydrogen) atoms. The van der Waals surface area contributed by atoms with Crippen molar-refractivity contribution >= 4 is 16.8 Å². The van der Waals surface area contributed by atoms with Crippen LogP contribution in [0.25, 0.3) is 44.5 Å². The molecule has 0 saturated carbocycles. The van der Waals surface area contributed by atoms with E-state index in [9.17, 15) is 0 Å². The highest BCUT2D eigenvalue weighted by molar-refractivity contribution is 5.97. The average Bonchev–Trinajstić information content (AvgIpc) is 3.78. The van der Waals surface area contributed by atoms with E-state index in [1.54, 1.807) is 0 Å². The number of anilines is 1. The van der Waals surface area contributed by atoms with E-state index in [1.807, 2.05) is 38.1 Å². The molecular weight excluding hydrogens is 755 g/mol. The number of benzene rings is 7. The Hall–Kier alpha value is -7.62. The molecule has 1 aliphatic heterocycles. The van der Waals surface area contributed by atoms with Gasteiger partial charge in [-0.2, -0.15) is 0 Å². The minimum atomic E-state index is -0.442. The van der Waals surface area contributed by atoms with E-state index >= 15 is 0 Å². The summed E-state index contributed by atoms with van der Waals surface area (Å²) in [6.45, 7) is 13.3. The van der Waals surface area contributed by atoms with Gasteiger partial charge in [-0.3, -0.25) is 0 Å². The topological polar surface area (TPSA) is 21.7 Å². The summed E-state index contributed by atoms with van der Waals surface area (Å²) in [6.07, 6.45) is 12.9. The average molecular weight is 800 g/mol. The fraction of sp³-hybridized carbons (Fsp3) is 0.0847. The number of nitrogens with zero attached hydrogens (tertiary/aromatic N) is 1. The molecule has 7 aromatic carbocycles. The molecule has 0 saturated heterocycles. The largest absolute Gasteiger partial charge is 0.449 e. The lowest BCUT2D eigenvalue weighted by atomic mass is 9.69. The first-order valence-electron chi connectivity index (χ1n) is 21.5. The summed E-state index contributed by atoms with van der Waals surface area (Å²) in [7, 11) is 0. The summed E-state index contributed by atoms with van der Waals surface area (Å²) in [5.41, 5.74) is 19.0. The number of para-hydroxylation sites is 1. The van der Waals surface area contributed by atoms with Crippen molar-refractivity contribution in [1.82, 2.24) is 0 Å². The second-order valence-electron chi connectivity index (χ2n) is 16.3. The number of ether oxygens (including phenoxy) is 2. The molecule has 4 aliphatic rings. The van der Waals surface area contributed by atoms with E-state index in [2.05, 4.69) is 175 Å². The second-order valence-corrected chi connectivity index (χ2v) is 16.3. The molecule has 1 unspecified atom stereocenters. The van der Waals surface area contributed by atoms with Crippen molar-refractivity contribution in [3.05, 3.63) is 246 Å². The number of rotatable bonds is 8. The third-order valence-corrected chi connectivity index (χ3v) is 13.0. The molecule has 0 fully saturated rings. The lowest BCUT2D eigenvalue weighted by Crippen LogP contribution is -2.27. The molecular formula is C59H45NO2. The first kappa shape index (κ1) is 37.4. The number of hydrogen-bond donors (Lipinski definition) is 0. The van der Waals surface area contributed by atoms with Crippen molar-refractivity contribution in [2.75, 3.05) is 4.90 Å². The fourth-order valence-corrected chi connectivity index (χ4v) is 10.4. The van der Waals surface area contributed by atoms with Crippen molar-refractivity contribution in [1.29, 1.82) is 0 Å². The van der Waals surface area contributed by atoms with Gasteiger partial charge in [-0.25, -0.2) is 0 Å². The molecule has 0 bridgehead atoms. The molecule has 3 heteroatoms. The van der Waals surface area contributed by atoms with Crippen LogP contribution in [0, 0.1) is 0 Å². The lowest BCUT2D eigenvalue weighted by Gasteiger charge is -2.33. The van der Waals surface area contributed by atoms with Crippen LogP contribution >= 0.6 is 0 Å². The molecule has 0 N–H and O–H groups in total. The zero-order chi connectivity index (χ0) is 42.0. The minimum absolute atomic E-state index is 0.442. The van der Waals surface area contributed by atoms with E-state index in [1.165, 1.54) is 61.2 Å². The van der Waals surface area contributed by atoms with Crippen LogP contribution in [0.3, 0.4) is 0 Å². The number of allylic oxidation sites excluding steroid dienone is 8. The van der Waals surface area contributed by atoms with Crippen LogP contribution in [-0.2, 0) is 5.41 Å². The summed E-state index contributed by atoms with van der Waals surface area (Å²) in [5.74, 6) is 2.73. The third kappa shape index (κ3) is 5.58. The van der Waals surface area contributed by atoms with Crippen molar-refractivity contribution in [3.63, 3.8) is 0 Å². The van der Waals surface area contributed by atoms with Crippen LogP contribution < -0.4 is 14.4 Å². The monoisotopic (exact) mass is 799 g/mol. The zero-order valence-corrected chi connectivity index (χ0v) is 35.0. The van der Waals surface area contributed by atoms with Gasteiger partial charge in [-0.05, 0) is 130 Å². The van der Waals surface area contributed by atoms with Gasteiger partial charge in [0, 0.05) is 28.2 Å². The summed E-state index contributed by atoms with van der Waals surface area (Å²) in [5, 5.41) is 0. The molecule has 3 nitrogen and oxygen atoms in total. The van der Waals surface area contributed by atoms with Crippen LogP contribution in [0.5, 0.6) is 23.0 Å². The van der Waals surface area contributed by atoms with Crippen LogP contribution in [-0.4, -0.2) is 0 Å². The third-order valence-electron chi connectivity index (χ3n) is 13.0. The standard InChI is InChI=1S/C59H45NO2/c1-5-19-38(3)60(42-34-32-41(33-35-42)45-23-11-10-22-44(45)40-20-8-7-9-21-40)39(4)43(6-2)49-27-18-31-55-58(49)62-57-37-54-50(36-56(57)61-55)48-26-14-17-30-53(48)59(54)51-28-15-12-24-46(51)47-25-13-16-29-52(47)59/h5-12,14-24,26-37H,3-4,13,25H2,1-2H3/b19-5-,43-6+. The highest BCUT2D eigenvalue weighted by atomic mass is 16.6. The predicted octanol–water partition coefficient (Wildman–Crippen LogP) is 15.9. The van der Waals surface area contributed by atoms with E-state index in [4.69, 9.17) is 16.1 Å².